The highest BCUT2D eigenvalue weighted by Gasteiger charge is 2.40. The maximum absolute atomic E-state index is 12.2. The van der Waals surface area contributed by atoms with E-state index in [1.807, 2.05) is 19.9 Å². The Morgan fingerprint density at radius 1 is 1.35 bits per heavy atom. The number of carboxylic acid groups (broad SMARTS) is 1. The van der Waals surface area contributed by atoms with Gasteiger partial charge in [-0.05, 0) is 37.1 Å². The summed E-state index contributed by atoms with van der Waals surface area (Å²) < 4.78 is 0. The van der Waals surface area contributed by atoms with Gasteiger partial charge >= 0.3 is 5.97 Å². The molecule has 0 radical (unpaired) electrons. The third-order valence-electron chi connectivity index (χ3n) is 3.26. The van der Waals surface area contributed by atoms with E-state index in [1.165, 1.54) is 0 Å². The Kier molecular flexibility index (Phi) is 4.13. The molecule has 0 aromatic heterocycles. The number of aliphatic carboxylic acids is 1. The summed E-state index contributed by atoms with van der Waals surface area (Å²) in [4.78, 5) is 35.9. The number of nitrogens with zero attached hydrogens (tertiary/aromatic N) is 1. The summed E-state index contributed by atoms with van der Waals surface area (Å²) >= 11 is 0.998. The molecule has 0 aliphatic carbocycles. The monoisotopic (exact) mass is 293 g/mol. The molecule has 6 heteroatoms. The zero-order valence-electron chi connectivity index (χ0n) is 11.3. The summed E-state index contributed by atoms with van der Waals surface area (Å²) in [6.07, 6.45) is 0.0592. The second-order valence-electron chi connectivity index (χ2n) is 4.73. The predicted octanol–water partition coefficient (Wildman–Crippen LogP) is 1.75. The first-order chi connectivity index (χ1) is 9.40. The van der Waals surface area contributed by atoms with Crippen LogP contribution >= 0.6 is 11.8 Å². The molecular weight excluding hydrogens is 278 g/mol. The smallest absolute Gasteiger partial charge is 0.313 e. The fraction of sp³-hybridized carbons (Fsp3) is 0.357. The van der Waals surface area contributed by atoms with Crippen molar-refractivity contribution in [3.05, 3.63) is 29.3 Å². The minimum atomic E-state index is -0.986. The van der Waals surface area contributed by atoms with E-state index in [4.69, 9.17) is 5.11 Å². The highest BCUT2D eigenvalue weighted by Crippen LogP contribution is 2.30. The third-order valence-corrected chi connectivity index (χ3v) is 4.45. The quantitative estimate of drug-likeness (QED) is 0.856. The number of hydrogen-bond donors (Lipinski definition) is 1. The average Bonchev–Trinajstić information content (AvgIpc) is 2.65. The topological polar surface area (TPSA) is 74.7 Å². The molecule has 1 fully saturated rings. The van der Waals surface area contributed by atoms with Crippen LogP contribution in [0.3, 0.4) is 0 Å². The molecule has 1 heterocycles. The van der Waals surface area contributed by atoms with Crippen molar-refractivity contribution in [1.29, 1.82) is 0 Å². The van der Waals surface area contributed by atoms with Crippen molar-refractivity contribution in [2.45, 2.75) is 25.5 Å². The number of anilines is 1. The van der Waals surface area contributed by atoms with Gasteiger partial charge in [-0.1, -0.05) is 6.07 Å². The van der Waals surface area contributed by atoms with E-state index in [-0.39, 0.29) is 24.0 Å². The van der Waals surface area contributed by atoms with Crippen LogP contribution in [0.15, 0.2) is 18.2 Å². The van der Waals surface area contributed by atoms with E-state index in [0.717, 1.165) is 27.8 Å². The Morgan fingerprint density at radius 3 is 2.65 bits per heavy atom. The first-order valence-corrected chi connectivity index (χ1v) is 7.22. The van der Waals surface area contributed by atoms with Crippen LogP contribution in [0.5, 0.6) is 0 Å². The van der Waals surface area contributed by atoms with Gasteiger partial charge in [0.15, 0.2) is 0 Å². The van der Waals surface area contributed by atoms with Crippen LogP contribution < -0.4 is 4.90 Å². The van der Waals surface area contributed by atoms with Crippen molar-refractivity contribution in [2.24, 2.45) is 0 Å². The van der Waals surface area contributed by atoms with Gasteiger partial charge in [-0.25, -0.2) is 4.90 Å². The Labute approximate surface area is 121 Å². The number of carbonyl (C=O) groups excluding carboxylic acids is 2. The van der Waals surface area contributed by atoms with Crippen molar-refractivity contribution < 1.29 is 19.5 Å². The van der Waals surface area contributed by atoms with Gasteiger partial charge in [0.05, 0.1) is 16.7 Å². The van der Waals surface area contributed by atoms with E-state index in [1.54, 1.807) is 12.1 Å². The standard InChI is InChI=1S/C14H15NO4S/c1-8-3-4-10(5-9(8)2)15-12(16)6-11(14(15)19)20-7-13(17)18/h3-5,11H,6-7H2,1-2H3,(H,17,18)/t11-/m0/s1. The number of aryl methyl sites for hydroxylation is 2. The van der Waals surface area contributed by atoms with Crippen LogP contribution in [0.4, 0.5) is 5.69 Å². The van der Waals surface area contributed by atoms with Crippen LogP contribution in [0.25, 0.3) is 0 Å². The molecule has 20 heavy (non-hydrogen) atoms. The van der Waals surface area contributed by atoms with Gasteiger partial charge in [-0.2, -0.15) is 0 Å². The molecule has 1 aromatic carbocycles. The predicted molar refractivity (Wildman–Crippen MR) is 76.9 cm³/mol. The minimum Gasteiger partial charge on any atom is -0.481 e. The molecule has 2 rings (SSSR count). The van der Waals surface area contributed by atoms with E-state index in [0.29, 0.717) is 5.69 Å². The molecular formula is C14H15NO4S. The molecule has 1 N–H and O–H groups in total. The normalized spacial score (nSPS) is 18.7. The first kappa shape index (κ1) is 14.6. The summed E-state index contributed by atoms with van der Waals surface area (Å²) in [5.41, 5.74) is 2.65. The first-order valence-electron chi connectivity index (χ1n) is 6.17. The number of imide groups is 1. The number of carbonyl (C=O) groups is 3. The Hall–Kier alpha value is -1.82. The van der Waals surface area contributed by atoms with E-state index in [9.17, 15) is 14.4 Å². The molecule has 1 aliphatic rings. The zero-order valence-corrected chi connectivity index (χ0v) is 12.1. The summed E-state index contributed by atoms with van der Waals surface area (Å²) in [5.74, 6) is -1.77. The molecule has 1 atom stereocenters. The summed E-state index contributed by atoms with van der Waals surface area (Å²) in [5, 5.41) is 8.05. The van der Waals surface area contributed by atoms with Crippen molar-refractivity contribution in [1.82, 2.24) is 0 Å². The molecule has 0 saturated carbocycles. The largest absolute Gasteiger partial charge is 0.481 e. The average molecular weight is 293 g/mol. The number of carboxylic acids is 1. The number of amides is 2. The van der Waals surface area contributed by atoms with E-state index >= 15 is 0 Å². The van der Waals surface area contributed by atoms with Crippen molar-refractivity contribution in [3.8, 4) is 0 Å². The molecule has 5 nitrogen and oxygen atoms in total. The highest BCUT2D eigenvalue weighted by atomic mass is 32.2. The lowest BCUT2D eigenvalue weighted by Crippen LogP contribution is -2.31. The zero-order chi connectivity index (χ0) is 14.9. The Bertz CT molecular complexity index is 585. The van der Waals surface area contributed by atoms with Crippen LogP contribution in [-0.2, 0) is 14.4 Å². The second-order valence-corrected chi connectivity index (χ2v) is 5.92. The third kappa shape index (κ3) is 2.85. The molecule has 0 bridgehead atoms. The van der Waals surface area contributed by atoms with Gasteiger partial charge in [0, 0.05) is 6.42 Å². The van der Waals surface area contributed by atoms with Crippen LogP contribution in [-0.4, -0.2) is 33.9 Å². The fourth-order valence-electron chi connectivity index (χ4n) is 2.04. The number of thioether (sulfide) groups is 1. The number of hydrogen-bond acceptors (Lipinski definition) is 4. The summed E-state index contributed by atoms with van der Waals surface area (Å²) in [7, 11) is 0. The van der Waals surface area contributed by atoms with Gasteiger partial charge in [0.1, 0.15) is 0 Å². The number of benzene rings is 1. The lowest BCUT2D eigenvalue weighted by atomic mass is 10.1. The van der Waals surface area contributed by atoms with Crippen LogP contribution in [0.2, 0.25) is 0 Å². The minimum absolute atomic E-state index is 0.0592. The van der Waals surface area contributed by atoms with Gasteiger partial charge < -0.3 is 5.11 Å². The Balaban J connectivity index is 2.20. The van der Waals surface area contributed by atoms with E-state index < -0.39 is 11.2 Å². The van der Waals surface area contributed by atoms with Gasteiger partial charge in [-0.3, -0.25) is 14.4 Å². The van der Waals surface area contributed by atoms with Crippen molar-refractivity contribution >= 4 is 35.2 Å². The summed E-state index contributed by atoms with van der Waals surface area (Å²) in [6, 6.07) is 5.40. The van der Waals surface area contributed by atoms with E-state index in [2.05, 4.69) is 0 Å². The van der Waals surface area contributed by atoms with Crippen LogP contribution in [0.1, 0.15) is 17.5 Å². The SMILES string of the molecule is Cc1ccc(N2C(=O)C[C@H](SCC(=O)O)C2=O)cc1C. The molecule has 1 aromatic rings. The molecule has 1 saturated heterocycles. The fourth-order valence-corrected chi connectivity index (χ4v) is 2.89. The van der Waals surface area contributed by atoms with Crippen LogP contribution in [0, 0.1) is 13.8 Å². The molecule has 2 amide bonds. The van der Waals surface area contributed by atoms with Gasteiger partial charge in [-0.15, -0.1) is 11.8 Å². The molecule has 106 valence electrons. The number of rotatable bonds is 4. The lowest BCUT2D eigenvalue weighted by molar-refractivity contribution is -0.134. The highest BCUT2D eigenvalue weighted by molar-refractivity contribution is 8.01. The van der Waals surface area contributed by atoms with Crippen molar-refractivity contribution in [3.63, 3.8) is 0 Å². The van der Waals surface area contributed by atoms with Crippen molar-refractivity contribution in [2.75, 3.05) is 10.7 Å². The van der Waals surface area contributed by atoms with Gasteiger partial charge in [0.25, 0.3) is 0 Å². The lowest BCUT2D eigenvalue weighted by Gasteiger charge is -2.16. The maximum atomic E-state index is 12.2. The molecule has 0 spiro atoms. The Morgan fingerprint density at radius 2 is 2.05 bits per heavy atom. The van der Waals surface area contributed by atoms with Gasteiger partial charge in [0.2, 0.25) is 11.8 Å². The molecule has 0 unspecified atom stereocenters. The second kappa shape index (κ2) is 5.66. The summed E-state index contributed by atoms with van der Waals surface area (Å²) in [6.45, 7) is 3.87. The maximum Gasteiger partial charge on any atom is 0.313 e. The molecule has 1 aliphatic heterocycles.